The normalized spacial score (nSPS) is 10.8. The lowest BCUT2D eigenvalue weighted by Gasteiger charge is -2.10. The third-order valence-electron chi connectivity index (χ3n) is 2.91. The fraction of sp³-hybridized carbons (Fsp3) is 0.500. The number of anilines is 1. The second-order valence-electron chi connectivity index (χ2n) is 4.49. The fourth-order valence-corrected chi connectivity index (χ4v) is 1.94. The number of nitrogens with one attached hydrogen (secondary N) is 1. The summed E-state index contributed by atoms with van der Waals surface area (Å²) in [4.78, 5) is 13.3. The number of hydrogen-bond acceptors (Lipinski definition) is 5. The number of aromatic nitrogens is 4. The van der Waals surface area contributed by atoms with E-state index < -0.39 is 0 Å². The van der Waals surface area contributed by atoms with Crippen molar-refractivity contribution in [2.45, 2.75) is 33.4 Å². The Kier molecular flexibility index (Phi) is 5.06. The first kappa shape index (κ1) is 14.5. The molecule has 6 nitrogen and oxygen atoms in total. The van der Waals surface area contributed by atoms with E-state index in [-0.39, 0.29) is 0 Å². The average molecular weight is 275 g/mol. The van der Waals surface area contributed by atoms with Crippen LogP contribution in [-0.2, 0) is 17.9 Å². The third-order valence-corrected chi connectivity index (χ3v) is 2.91. The zero-order chi connectivity index (χ0) is 14.4. The van der Waals surface area contributed by atoms with Crippen molar-refractivity contribution in [1.29, 1.82) is 0 Å². The van der Waals surface area contributed by atoms with E-state index in [4.69, 9.17) is 4.74 Å². The van der Waals surface area contributed by atoms with Gasteiger partial charge in [0.25, 0.3) is 0 Å². The molecule has 6 heteroatoms. The van der Waals surface area contributed by atoms with Crippen molar-refractivity contribution >= 4 is 5.82 Å². The standard InChI is InChI=1S/C14H21N5O/c1-4-6-16-13-7-11(9-20-3)17-14(18-13)12-8-15-10-19(12)5-2/h7-8,10H,4-6,9H2,1-3H3,(H,16,17,18). The highest BCUT2D eigenvalue weighted by Crippen LogP contribution is 2.18. The molecule has 0 saturated heterocycles. The number of imidazole rings is 1. The highest BCUT2D eigenvalue weighted by molar-refractivity contribution is 5.53. The summed E-state index contributed by atoms with van der Waals surface area (Å²) >= 11 is 0. The van der Waals surface area contributed by atoms with E-state index in [9.17, 15) is 0 Å². The molecule has 0 aromatic carbocycles. The Bertz CT molecular complexity index is 552. The molecule has 2 heterocycles. The van der Waals surface area contributed by atoms with Crippen molar-refractivity contribution < 1.29 is 4.74 Å². The van der Waals surface area contributed by atoms with E-state index in [0.717, 1.165) is 36.7 Å². The van der Waals surface area contributed by atoms with Crippen LogP contribution >= 0.6 is 0 Å². The summed E-state index contributed by atoms with van der Waals surface area (Å²) in [6.07, 6.45) is 4.63. The van der Waals surface area contributed by atoms with Gasteiger partial charge in [0.05, 0.1) is 24.8 Å². The number of hydrogen-bond donors (Lipinski definition) is 1. The maximum absolute atomic E-state index is 5.18. The highest BCUT2D eigenvalue weighted by Gasteiger charge is 2.10. The summed E-state index contributed by atoms with van der Waals surface area (Å²) in [5.74, 6) is 1.50. The number of methoxy groups -OCH3 is 1. The van der Waals surface area contributed by atoms with Crippen molar-refractivity contribution in [3.63, 3.8) is 0 Å². The zero-order valence-electron chi connectivity index (χ0n) is 12.3. The van der Waals surface area contributed by atoms with Gasteiger partial charge in [0, 0.05) is 26.3 Å². The predicted octanol–water partition coefficient (Wildman–Crippen LogP) is 2.33. The number of nitrogens with zero attached hydrogens (tertiary/aromatic N) is 4. The van der Waals surface area contributed by atoms with E-state index >= 15 is 0 Å². The summed E-state index contributed by atoms with van der Waals surface area (Å²) in [5, 5.41) is 3.30. The Labute approximate surface area is 119 Å². The molecule has 0 bridgehead atoms. The molecule has 0 aliphatic heterocycles. The maximum Gasteiger partial charge on any atom is 0.180 e. The largest absolute Gasteiger partial charge is 0.378 e. The van der Waals surface area contributed by atoms with Crippen molar-refractivity contribution in [2.75, 3.05) is 19.0 Å². The van der Waals surface area contributed by atoms with Gasteiger partial charge in [-0.2, -0.15) is 0 Å². The Morgan fingerprint density at radius 2 is 2.15 bits per heavy atom. The molecule has 0 fully saturated rings. The van der Waals surface area contributed by atoms with Crippen molar-refractivity contribution in [3.8, 4) is 11.5 Å². The van der Waals surface area contributed by atoms with Crippen LogP contribution in [0.4, 0.5) is 5.82 Å². The van der Waals surface area contributed by atoms with E-state index in [1.54, 1.807) is 19.6 Å². The highest BCUT2D eigenvalue weighted by atomic mass is 16.5. The maximum atomic E-state index is 5.18. The number of rotatable bonds is 7. The quantitative estimate of drug-likeness (QED) is 0.840. The lowest BCUT2D eigenvalue weighted by atomic mass is 10.3. The van der Waals surface area contributed by atoms with Crippen molar-refractivity contribution in [2.24, 2.45) is 0 Å². The van der Waals surface area contributed by atoms with Crippen LogP contribution in [-0.4, -0.2) is 33.2 Å². The molecule has 0 spiro atoms. The number of aryl methyl sites for hydroxylation is 1. The van der Waals surface area contributed by atoms with Gasteiger partial charge in [0.2, 0.25) is 0 Å². The molecule has 0 aliphatic carbocycles. The van der Waals surface area contributed by atoms with Crippen LogP contribution < -0.4 is 5.32 Å². The van der Waals surface area contributed by atoms with Crippen molar-refractivity contribution in [1.82, 2.24) is 19.5 Å². The average Bonchev–Trinajstić information content (AvgIpc) is 2.93. The molecule has 2 rings (SSSR count). The Balaban J connectivity index is 2.38. The summed E-state index contributed by atoms with van der Waals surface area (Å²) in [5.41, 5.74) is 1.78. The molecule has 0 unspecified atom stereocenters. The van der Waals surface area contributed by atoms with E-state index in [1.165, 1.54) is 0 Å². The van der Waals surface area contributed by atoms with Crippen molar-refractivity contribution in [3.05, 3.63) is 24.3 Å². The zero-order valence-corrected chi connectivity index (χ0v) is 12.3. The van der Waals surface area contributed by atoms with Gasteiger partial charge in [-0.25, -0.2) is 15.0 Å². The minimum Gasteiger partial charge on any atom is -0.378 e. The van der Waals surface area contributed by atoms with Gasteiger partial charge in [-0.15, -0.1) is 0 Å². The van der Waals surface area contributed by atoms with E-state index in [1.807, 2.05) is 10.6 Å². The molecule has 0 aliphatic rings. The van der Waals surface area contributed by atoms with Gasteiger partial charge in [-0.05, 0) is 13.3 Å². The Morgan fingerprint density at radius 1 is 1.30 bits per heavy atom. The minimum absolute atomic E-state index is 0.469. The lowest BCUT2D eigenvalue weighted by Crippen LogP contribution is -2.07. The van der Waals surface area contributed by atoms with Crippen LogP contribution in [0.3, 0.4) is 0 Å². The first-order chi connectivity index (χ1) is 9.78. The number of ether oxygens (including phenoxy) is 1. The second-order valence-corrected chi connectivity index (χ2v) is 4.49. The molecule has 0 saturated carbocycles. The predicted molar refractivity (Wildman–Crippen MR) is 78.4 cm³/mol. The molecule has 2 aromatic heterocycles. The van der Waals surface area contributed by atoms with Crippen LogP contribution in [0.25, 0.3) is 11.5 Å². The summed E-state index contributed by atoms with van der Waals surface area (Å²) < 4.78 is 7.20. The van der Waals surface area contributed by atoms with Crippen LogP contribution in [0.5, 0.6) is 0 Å². The van der Waals surface area contributed by atoms with Gasteiger partial charge < -0.3 is 14.6 Å². The van der Waals surface area contributed by atoms with Crippen LogP contribution in [0.15, 0.2) is 18.6 Å². The molecular weight excluding hydrogens is 254 g/mol. The Hall–Kier alpha value is -1.95. The smallest absolute Gasteiger partial charge is 0.180 e. The van der Waals surface area contributed by atoms with Crippen LogP contribution in [0, 0.1) is 0 Å². The molecule has 20 heavy (non-hydrogen) atoms. The molecule has 1 N–H and O–H groups in total. The van der Waals surface area contributed by atoms with Crippen LogP contribution in [0.2, 0.25) is 0 Å². The van der Waals surface area contributed by atoms with Gasteiger partial charge in [0.15, 0.2) is 5.82 Å². The van der Waals surface area contributed by atoms with E-state index in [2.05, 4.69) is 34.1 Å². The minimum atomic E-state index is 0.469. The van der Waals surface area contributed by atoms with Crippen LogP contribution in [0.1, 0.15) is 26.0 Å². The Morgan fingerprint density at radius 3 is 2.85 bits per heavy atom. The van der Waals surface area contributed by atoms with Gasteiger partial charge in [0.1, 0.15) is 11.5 Å². The summed E-state index contributed by atoms with van der Waals surface area (Å²) in [6, 6.07) is 1.93. The summed E-state index contributed by atoms with van der Waals surface area (Å²) in [6.45, 7) is 6.38. The SMILES string of the molecule is CCCNc1cc(COC)nc(-c2cncn2CC)n1. The molecular formula is C14H21N5O. The topological polar surface area (TPSA) is 64.9 Å². The lowest BCUT2D eigenvalue weighted by molar-refractivity contribution is 0.181. The second kappa shape index (κ2) is 7.00. The summed E-state index contributed by atoms with van der Waals surface area (Å²) in [7, 11) is 1.66. The van der Waals surface area contributed by atoms with E-state index in [0.29, 0.717) is 12.4 Å². The molecule has 2 aromatic rings. The molecule has 0 atom stereocenters. The van der Waals surface area contributed by atoms with Gasteiger partial charge in [-0.3, -0.25) is 0 Å². The molecule has 108 valence electrons. The van der Waals surface area contributed by atoms with Gasteiger partial charge in [-0.1, -0.05) is 6.92 Å². The molecule has 0 amide bonds. The third kappa shape index (κ3) is 3.33. The first-order valence-electron chi connectivity index (χ1n) is 6.89. The first-order valence-corrected chi connectivity index (χ1v) is 6.89. The monoisotopic (exact) mass is 275 g/mol. The molecule has 0 radical (unpaired) electrons. The van der Waals surface area contributed by atoms with Gasteiger partial charge >= 0.3 is 0 Å². The fourth-order valence-electron chi connectivity index (χ4n) is 1.94.